The van der Waals surface area contributed by atoms with E-state index < -0.39 is 0 Å². The standard InChI is InChI=1S/C8H8INO2S/c1-2-13-8-4-6(9)3-7(5-8)10(11)12/h3-5H,2H2,1H3. The summed E-state index contributed by atoms with van der Waals surface area (Å²) in [5, 5.41) is 10.5. The van der Waals surface area contributed by atoms with Crippen LogP contribution in [0.25, 0.3) is 0 Å². The Kier molecular flexibility index (Phi) is 3.98. The van der Waals surface area contributed by atoms with Crippen LogP contribution in [0, 0.1) is 13.7 Å². The number of thioether (sulfide) groups is 1. The van der Waals surface area contributed by atoms with E-state index in [-0.39, 0.29) is 10.6 Å². The molecule has 70 valence electrons. The Balaban J connectivity index is 3.03. The lowest BCUT2D eigenvalue weighted by atomic mass is 10.3. The minimum Gasteiger partial charge on any atom is -0.258 e. The van der Waals surface area contributed by atoms with Crippen molar-refractivity contribution in [3.63, 3.8) is 0 Å². The Morgan fingerprint density at radius 2 is 2.23 bits per heavy atom. The molecule has 0 unspecified atom stereocenters. The smallest absolute Gasteiger partial charge is 0.258 e. The molecule has 0 spiro atoms. The van der Waals surface area contributed by atoms with Gasteiger partial charge < -0.3 is 0 Å². The number of halogens is 1. The molecule has 0 heterocycles. The second-order valence-electron chi connectivity index (χ2n) is 2.34. The zero-order chi connectivity index (χ0) is 9.84. The van der Waals surface area contributed by atoms with Gasteiger partial charge in [0, 0.05) is 20.6 Å². The predicted molar refractivity (Wildman–Crippen MR) is 62.2 cm³/mol. The van der Waals surface area contributed by atoms with Gasteiger partial charge in [-0.2, -0.15) is 0 Å². The van der Waals surface area contributed by atoms with Gasteiger partial charge in [0.05, 0.1) is 4.92 Å². The molecule has 1 aromatic carbocycles. The Morgan fingerprint density at radius 1 is 1.54 bits per heavy atom. The molecule has 0 aliphatic rings. The van der Waals surface area contributed by atoms with Crippen LogP contribution in [0.3, 0.4) is 0 Å². The zero-order valence-corrected chi connectivity index (χ0v) is 9.96. The van der Waals surface area contributed by atoms with E-state index in [2.05, 4.69) is 22.6 Å². The van der Waals surface area contributed by atoms with Crippen LogP contribution in [0.4, 0.5) is 5.69 Å². The van der Waals surface area contributed by atoms with Crippen molar-refractivity contribution in [2.24, 2.45) is 0 Å². The van der Waals surface area contributed by atoms with Gasteiger partial charge in [-0.15, -0.1) is 11.8 Å². The highest BCUT2D eigenvalue weighted by atomic mass is 127. The normalized spacial score (nSPS) is 10.0. The summed E-state index contributed by atoms with van der Waals surface area (Å²) in [5.74, 6) is 0.928. The van der Waals surface area contributed by atoms with E-state index in [9.17, 15) is 10.1 Å². The summed E-state index contributed by atoms with van der Waals surface area (Å²) < 4.78 is 0.905. The third kappa shape index (κ3) is 3.15. The first-order valence-electron chi connectivity index (χ1n) is 3.71. The molecule has 1 rings (SSSR count). The van der Waals surface area contributed by atoms with Gasteiger partial charge >= 0.3 is 0 Å². The maximum atomic E-state index is 10.5. The molecule has 0 radical (unpaired) electrons. The molecule has 0 N–H and O–H groups in total. The van der Waals surface area contributed by atoms with Gasteiger partial charge in [-0.1, -0.05) is 6.92 Å². The summed E-state index contributed by atoms with van der Waals surface area (Å²) in [4.78, 5) is 11.1. The molecule has 0 atom stereocenters. The maximum Gasteiger partial charge on any atom is 0.271 e. The summed E-state index contributed by atoms with van der Waals surface area (Å²) in [5.41, 5.74) is 0.169. The molecule has 13 heavy (non-hydrogen) atoms. The number of hydrogen-bond donors (Lipinski definition) is 0. The quantitative estimate of drug-likeness (QED) is 0.372. The fourth-order valence-corrected chi connectivity index (χ4v) is 2.52. The number of benzene rings is 1. The second kappa shape index (κ2) is 4.80. The van der Waals surface area contributed by atoms with E-state index in [0.29, 0.717) is 0 Å². The van der Waals surface area contributed by atoms with Gasteiger partial charge in [0.2, 0.25) is 0 Å². The predicted octanol–water partition coefficient (Wildman–Crippen LogP) is 3.31. The van der Waals surface area contributed by atoms with Gasteiger partial charge in [0.25, 0.3) is 5.69 Å². The van der Waals surface area contributed by atoms with E-state index in [0.717, 1.165) is 14.2 Å². The highest BCUT2D eigenvalue weighted by molar-refractivity contribution is 14.1. The Hall–Kier alpha value is -0.300. The maximum absolute atomic E-state index is 10.5. The van der Waals surface area contributed by atoms with Crippen molar-refractivity contribution in [2.75, 3.05) is 5.75 Å². The fraction of sp³-hybridized carbons (Fsp3) is 0.250. The highest BCUT2D eigenvalue weighted by Gasteiger charge is 2.07. The monoisotopic (exact) mass is 309 g/mol. The molecule has 0 saturated carbocycles. The summed E-state index contributed by atoms with van der Waals surface area (Å²) >= 11 is 3.70. The van der Waals surface area contributed by atoms with Crippen molar-refractivity contribution in [3.8, 4) is 0 Å². The van der Waals surface area contributed by atoms with Crippen LogP contribution in [-0.4, -0.2) is 10.7 Å². The van der Waals surface area contributed by atoms with Gasteiger partial charge in [-0.05, 0) is 34.4 Å². The number of hydrogen-bond acceptors (Lipinski definition) is 3. The molecular formula is C8H8INO2S. The summed E-state index contributed by atoms with van der Waals surface area (Å²) in [6, 6.07) is 5.12. The SMILES string of the molecule is CCSc1cc(I)cc([N+](=O)[O-])c1. The van der Waals surface area contributed by atoms with E-state index in [4.69, 9.17) is 0 Å². The third-order valence-electron chi connectivity index (χ3n) is 1.38. The molecule has 0 saturated heterocycles. The van der Waals surface area contributed by atoms with Crippen molar-refractivity contribution in [2.45, 2.75) is 11.8 Å². The van der Waals surface area contributed by atoms with E-state index >= 15 is 0 Å². The van der Waals surface area contributed by atoms with Crippen molar-refractivity contribution in [1.29, 1.82) is 0 Å². The summed E-state index contributed by atoms with van der Waals surface area (Å²) in [7, 11) is 0. The molecule has 0 aromatic heterocycles. The van der Waals surface area contributed by atoms with Gasteiger partial charge in [0.1, 0.15) is 0 Å². The largest absolute Gasteiger partial charge is 0.271 e. The van der Waals surface area contributed by atoms with E-state index in [1.54, 1.807) is 23.9 Å². The molecule has 0 aliphatic heterocycles. The van der Waals surface area contributed by atoms with Crippen molar-refractivity contribution >= 4 is 40.0 Å². The topological polar surface area (TPSA) is 43.1 Å². The molecular weight excluding hydrogens is 301 g/mol. The summed E-state index contributed by atoms with van der Waals surface area (Å²) in [6.07, 6.45) is 0. The van der Waals surface area contributed by atoms with Crippen molar-refractivity contribution in [3.05, 3.63) is 31.9 Å². The number of nitro benzene ring substituents is 1. The Labute approximate surface area is 94.2 Å². The summed E-state index contributed by atoms with van der Waals surface area (Å²) in [6.45, 7) is 2.02. The minimum absolute atomic E-state index is 0.169. The highest BCUT2D eigenvalue weighted by Crippen LogP contribution is 2.25. The van der Waals surface area contributed by atoms with Crippen LogP contribution in [0.2, 0.25) is 0 Å². The van der Waals surface area contributed by atoms with Gasteiger partial charge in [0.15, 0.2) is 0 Å². The van der Waals surface area contributed by atoms with E-state index in [1.165, 1.54) is 0 Å². The van der Waals surface area contributed by atoms with Crippen molar-refractivity contribution < 1.29 is 4.92 Å². The van der Waals surface area contributed by atoms with Crippen LogP contribution in [0.1, 0.15) is 6.92 Å². The van der Waals surface area contributed by atoms with Crippen LogP contribution in [0.5, 0.6) is 0 Å². The van der Waals surface area contributed by atoms with Gasteiger partial charge in [-0.3, -0.25) is 10.1 Å². The molecule has 0 amide bonds. The van der Waals surface area contributed by atoms with Crippen LogP contribution in [0.15, 0.2) is 23.1 Å². The first-order chi connectivity index (χ1) is 6.13. The number of rotatable bonds is 3. The van der Waals surface area contributed by atoms with Crippen molar-refractivity contribution in [1.82, 2.24) is 0 Å². The molecule has 0 bridgehead atoms. The lowest BCUT2D eigenvalue weighted by molar-refractivity contribution is -0.385. The lowest BCUT2D eigenvalue weighted by Crippen LogP contribution is -1.89. The zero-order valence-electron chi connectivity index (χ0n) is 6.99. The third-order valence-corrected chi connectivity index (χ3v) is 2.86. The first kappa shape index (κ1) is 10.8. The Bertz CT molecular complexity index is 330. The number of non-ortho nitro benzene ring substituents is 1. The van der Waals surface area contributed by atoms with Gasteiger partial charge in [-0.25, -0.2) is 0 Å². The minimum atomic E-state index is -0.359. The molecule has 0 fully saturated rings. The number of nitro groups is 1. The molecule has 3 nitrogen and oxygen atoms in total. The molecule has 1 aromatic rings. The van der Waals surface area contributed by atoms with Crippen LogP contribution in [-0.2, 0) is 0 Å². The molecule has 0 aliphatic carbocycles. The lowest BCUT2D eigenvalue weighted by Gasteiger charge is -1.99. The average Bonchev–Trinajstić information content (AvgIpc) is 2.03. The van der Waals surface area contributed by atoms with Crippen LogP contribution >= 0.6 is 34.4 Å². The Morgan fingerprint density at radius 3 is 2.77 bits per heavy atom. The molecule has 5 heteroatoms. The average molecular weight is 309 g/mol. The first-order valence-corrected chi connectivity index (χ1v) is 5.77. The van der Waals surface area contributed by atoms with E-state index in [1.807, 2.05) is 13.0 Å². The van der Waals surface area contributed by atoms with Crippen LogP contribution < -0.4 is 0 Å². The fourth-order valence-electron chi connectivity index (χ4n) is 0.903. The number of nitrogens with zero attached hydrogens (tertiary/aromatic N) is 1. The second-order valence-corrected chi connectivity index (χ2v) is 4.92.